The number of piperidine rings is 1. The van der Waals surface area contributed by atoms with Gasteiger partial charge in [0.15, 0.2) is 0 Å². The van der Waals surface area contributed by atoms with Gasteiger partial charge in [-0.1, -0.05) is 25.1 Å². The molecule has 3 aromatic rings. The van der Waals surface area contributed by atoms with Gasteiger partial charge in [0.2, 0.25) is 0 Å². The Bertz CT molecular complexity index is 1130. The molecule has 0 N–H and O–H groups in total. The summed E-state index contributed by atoms with van der Waals surface area (Å²) in [5, 5.41) is 0.855. The summed E-state index contributed by atoms with van der Waals surface area (Å²) in [6, 6.07) is 8.38. The average molecular weight is 439 g/mol. The van der Waals surface area contributed by atoms with Crippen LogP contribution in [0.25, 0.3) is 10.2 Å². The molecule has 0 amide bonds. The maximum Gasteiger partial charge on any atom is 0.262 e. The highest BCUT2D eigenvalue weighted by Gasteiger charge is 2.26. The van der Waals surface area contributed by atoms with Crippen molar-refractivity contribution >= 4 is 21.6 Å². The Balaban J connectivity index is 1.24. The Hall–Kier alpha value is -2.22. The monoisotopic (exact) mass is 438 g/mol. The third kappa shape index (κ3) is 3.90. The van der Waals surface area contributed by atoms with Crippen LogP contribution in [-0.2, 0) is 19.6 Å². The molecule has 0 unspecified atom stereocenters. The summed E-state index contributed by atoms with van der Waals surface area (Å²) in [5.41, 5.74) is 2.67. The molecule has 0 atom stereocenters. The molecule has 1 saturated heterocycles. The van der Waals surface area contributed by atoms with Gasteiger partial charge in [-0.25, -0.2) is 4.98 Å². The number of benzene rings is 1. The molecule has 4 heterocycles. The number of hydrogen-bond acceptors (Lipinski definition) is 6. The van der Waals surface area contributed by atoms with E-state index in [2.05, 4.69) is 39.9 Å². The Morgan fingerprint density at radius 1 is 1.13 bits per heavy atom. The molecule has 0 aliphatic carbocycles. The van der Waals surface area contributed by atoms with Gasteiger partial charge in [0.05, 0.1) is 18.8 Å². The number of nitrogens with zero attached hydrogens (tertiary/aromatic N) is 4. The van der Waals surface area contributed by atoms with Crippen molar-refractivity contribution < 1.29 is 4.74 Å². The fourth-order valence-corrected chi connectivity index (χ4v) is 6.19. The predicted molar refractivity (Wildman–Crippen MR) is 125 cm³/mol. The number of fused-ring (bicyclic) bond motifs is 3. The molecule has 0 spiro atoms. The topological polar surface area (TPSA) is 50.6 Å². The number of aromatic nitrogens is 2. The third-order valence-electron chi connectivity index (χ3n) is 6.88. The van der Waals surface area contributed by atoms with Gasteiger partial charge in [0, 0.05) is 31.1 Å². The first-order chi connectivity index (χ1) is 15.2. The number of methoxy groups -OCH3 is 1. The lowest BCUT2D eigenvalue weighted by Gasteiger charge is -2.32. The van der Waals surface area contributed by atoms with E-state index in [-0.39, 0.29) is 5.56 Å². The molecule has 0 radical (unpaired) electrons. The largest absolute Gasteiger partial charge is 0.496 e. The fourth-order valence-electron chi connectivity index (χ4n) is 5.01. The van der Waals surface area contributed by atoms with E-state index < -0.39 is 0 Å². The Labute approximate surface area is 187 Å². The Morgan fingerprint density at radius 3 is 2.71 bits per heavy atom. The van der Waals surface area contributed by atoms with Gasteiger partial charge in [-0.05, 0) is 55.6 Å². The second-order valence-electron chi connectivity index (χ2n) is 8.59. The number of hydrogen-bond donors (Lipinski definition) is 0. The minimum atomic E-state index is 0.129. The maximum atomic E-state index is 13.2. The van der Waals surface area contributed by atoms with Gasteiger partial charge < -0.3 is 9.64 Å². The van der Waals surface area contributed by atoms with Gasteiger partial charge in [-0.15, -0.1) is 11.3 Å². The van der Waals surface area contributed by atoms with Crippen molar-refractivity contribution in [2.24, 2.45) is 0 Å². The molecule has 164 valence electrons. The van der Waals surface area contributed by atoms with E-state index in [1.165, 1.54) is 16.0 Å². The van der Waals surface area contributed by atoms with Crippen LogP contribution < -0.4 is 10.3 Å². The molecule has 2 aliphatic heterocycles. The standard InChI is InChI=1S/C24H30N4O2S/c1-3-26-14-19-21(15-26)31-23-22(19)24(29)28(16-25-23)13-12-27-10-8-17(9-11-27)18-6-4-5-7-20(18)30-2/h4-7,16-17H,3,8-15H2,1-2H3. The molecule has 31 heavy (non-hydrogen) atoms. The zero-order valence-electron chi connectivity index (χ0n) is 18.3. The number of likely N-dealkylation sites (tertiary alicyclic amines) is 1. The van der Waals surface area contributed by atoms with E-state index in [1.807, 2.05) is 10.6 Å². The van der Waals surface area contributed by atoms with Crippen molar-refractivity contribution in [3.05, 3.63) is 57.0 Å². The van der Waals surface area contributed by atoms with Crippen molar-refractivity contribution in [2.45, 2.75) is 45.3 Å². The molecule has 7 heteroatoms. The van der Waals surface area contributed by atoms with Crippen molar-refractivity contribution in [3.8, 4) is 5.75 Å². The number of ether oxygens (including phenoxy) is 1. The normalized spacial score (nSPS) is 18.0. The summed E-state index contributed by atoms with van der Waals surface area (Å²) in [7, 11) is 1.75. The lowest BCUT2D eigenvalue weighted by Crippen LogP contribution is -2.36. The zero-order valence-corrected chi connectivity index (χ0v) is 19.2. The van der Waals surface area contributed by atoms with Gasteiger partial charge >= 0.3 is 0 Å². The van der Waals surface area contributed by atoms with Crippen LogP contribution in [0.3, 0.4) is 0 Å². The Morgan fingerprint density at radius 2 is 1.94 bits per heavy atom. The molecule has 0 bridgehead atoms. The van der Waals surface area contributed by atoms with Crippen LogP contribution >= 0.6 is 11.3 Å². The molecule has 1 fully saturated rings. The van der Waals surface area contributed by atoms with E-state index in [0.29, 0.717) is 12.5 Å². The molecule has 6 nitrogen and oxygen atoms in total. The lowest BCUT2D eigenvalue weighted by molar-refractivity contribution is 0.203. The molecular formula is C24H30N4O2S. The smallest absolute Gasteiger partial charge is 0.262 e. The SMILES string of the molecule is CCN1Cc2sc3ncn(CCN4CCC(c5ccccc5OC)CC4)c(=O)c3c2C1. The van der Waals surface area contributed by atoms with Crippen LogP contribution in [0, 0.1) is 0 Å². The number of thiophene rings is 1. The molecular weight excluding hydrogens is 408 g/mol. The predicted octanol–water partition coefficient (Wildman–Crippen LogP) is 3.68. The van der Waals surface area contributed by atoms with E-state index in [4.69, 9.17) is 4.74 Å². The highest BCUT2D eigenvalue weighted by atomic mass is 32.1. The minimum Gasteiger partial charge on any atom is -0.496 e. The summed E-state index contributed by atoms with van der Waals surface area (Å²) in [4.78, 5) is 24.9. The van der Waals surface area contributed by atoms with E-state index in [0.717, 1.165) is 68.1 Å². The average Bonchev–Trinajstić information content (AvgIpc) is 3.36. The molecule has 1 aromatic carbocycles. The molecule has 0 saturated carbocycles. The highest BCUT2D eigenvalue weighted by molar-refractivity contribution is 7.18. The van der Waals surface area contributed by atoms with Crippen LogP contribution in [0.1, 0.15) is 41.7 Å². The van der Waals surface area contributed by atoms with Crippen molar-refractivity contribution in [3.63, 3.8) is 0 Å². The van der Waals surface area contributed by atoms with Crippen molar-refractivity contribution in [2.75, 3.05) is 33.3 Å². The lowest BCUT2D eigenvalue weighted by atomic mass is 9.89. The van der Waals surface area contributed by atoms with Crippen LogP contribution in [0.4, 0.5) is 0 Å². The summed E-state index contributed by atoms with van der Waals surface area (Å²) >= 11 is 1.69. The van der Waals surface area contributed by atoms with Gasteiger partial charge in [-0.3, -0.25) is 14.3 Å². The summed E-state index contributed by atoms with van der Waals surface area (Å²) in [5.74, 6) is 1.54. The molecule has 5 rings (SSSR count). The first-order valence-electron chi connectivity index (χ1n) is 11.2. The molecule has 2 aliphatic rings. The molecule has 2 aromatic heterocycles. The Kier molecular flexibility index (Phi) is 5.82. The third-order valence-corrected chi connectivity index (χ3v) is 8.01. The second kappa shape index (κ2) is 8.73. The van der Waals surface area contributed by atoms with Crippen LogP contribution in [0.2, 0.25) is 0 Å². The van der Waals surface area contributed by atoms with E-state index in [9.17, 15) is 4.79 Å². The van der Waals surface area contributed by atoms with Crippen LogP contribution in [0.5, 0.6) is 5.75 Å². The van der Waals surface area contributed by atoms with E-state index >= 15 is 0 Å². The highest BCUT2D eigenvalue weighted by Crippen LogP contribution is 2.35. The maximum absolute atomic E-state index is 13.2. The fraction of sp³-hybridized carbons (Fsp3) is 0.500. The van der Waals surface area contributed by atoms with Crippen molar-refractivity contribution in [1.29, 1.82) is 0 Å². The van der Waals surface area contributed by atoms with Gasteiger partial charge in [0.25, 0.3) is 5.56 Å². The number of rotatable bonds is 6. The summed E-state index contributed by atoms with van der Waals surface area (Å²) in [6.45, 7) is 8.70. The second-order valence-corrected chi connectivity index (χ2v) is 9.67. The van der Waals surface area contributed by atoms with E-state index in [1.54, 1.807) is 24.8 Å². The first kappa shape index (κ1) is 20.7. The van der Waals surface area contributed by atoms with Gasteiger partial charge in [0.1, 0.15) is 10.6 Å². The van der Waals surface area contributed by atoms with Crippen LogP contribution in [-0.4, -0.2) is 52.6 Å². The van der Waals surface area contributed by atoms with Crippen LogP contribution in [0.15, 0.2) is 35.4 Å². The zero-order chi connectivity index (χ0) is 21.4. The minimum absolute atomic E-state index is 0.129. The summed E-state index contributed by atoms with van der Waals surface area (Å²) < 4.78 is 7.37. The number of para-hydroxylation sites is 1. The quantitative estimate of drug-likeness (QED) is 0.588. The first-order valence-corrected chi connectivity index (χ1v) is 12.1. The van der Waals surface area contributed by atoms with Gasteiger partial charge in [-0.2, -0.15) is 0 Å². The van der Waals surface area contributed by atoms with Crippen molar-refractivity contribution in [1.82, 2.24) is 19.4 Å². The summed E-state index contributed by atoms with van der Waals surface area (Å²) in [6.07, 6.45) is 3.99.